The minimum absolute atomic E-state index is 0.166. The fourth-order valence-electron chi connectivity index (χ4n) is 1.42. The third-order valence-electron chi connectivity index (χ3n) is 2.63. The first kappa shape index (κ1) is 12.6. The third kappa shape index (κ3) is 3.57. The van der Waals surface area contributed by atoms with E-state index in [9.17, 15) is 4.79 Å². The number of anilines is 1. The molecule has 0 radical (unpaired) electrons. The molecular formula is C13H20N2O. The fourth-order valence-corrected chi connectivity index (χ4v) is 1.42. The second-order valence-electron chi connectivity index (χ2n) is 4.30. The molecule has 0 aliphatic rings. The summed E-state index contributed by atoms with van der Waals surface area (Å²) in [4.78, 5) is 15.2. The largest absolute Gasteiger partial charge is 0.374 e. The van der Waals surface area contributed by atoms with Crippen LogP contribution in [0, 0.1) is 6.92 Å². The lowest BCUT2D eigenvalue weighted by molar-refractivity contribution is -0.128. The van der Waals surface area contributed by atoms with E-state index in [1.807, 2.05) is 7.05 Å². The summed E-state index contributed by atoms with van der Waals surface area (Å²) in [7, 11) is 5.58. The van der Waals surface area contributed by atoms with Gasteiger partial charge in [-0.2, -0.15) is 0 Å². The van der Waals surface area contributed by atoms with Crippen LogP contribution >= 0.6 is 0 Å². The standard InChI is InChI=1S/C13H20N2O/c1-11-5-7-12(8-6-11)15(4)10-9-13(16)14(2)3/h5-8H,9-10H2,1-4H3. The molecule has 0 bridgehead atoms. The Hall–Kier alpha value is -1.51. The van der Waals surface area contributed by atoms with Gasteiger partial charge in [0.1, 0.15) is 0 Å². The molecule has 0 atom stereocenters. The lowest BCUT2D eigenvalue weighted by atomic mass is 10.2. The maximum atomic E-state index is 11.4. The molecule has 0 aliphatic carbocycles. The molecule has 0 unspecified atom stereocenters. The Labute approximate surface area is 97.7 Å². The van der Waals surface area contributed by atoms with Gasteiger partial charge in [0.25, 0.3) is 0 Å². The second kappa shape index (κ2) is 5.54. The van der Waals surface area contributed by atoms with E-state index >= 15 is 0 Å². The van der Waals surface area contributed by atoms with Crippen molar-refractivity contribution in [2.24, 2.45) is 0 Å². The van der Waals surface area contributed by atoms with Crippen LogP contribution in [0.15, 0.2) is 24.3 Å². The molecule has 0 spiro atoms. The van der Waals surface area contributed by atoms with Crippen LogP contribution < -0.4 is 4.90 Å². The molecule has 1 rings (SSSR count). The number of carbonyl (C=O) groups excluding carboxylic acids is 1. The van der Waals surface area contributed by atoms with Gasteiger partial charge in [-0.1, -0.05) is 17.7 Å². The Morgan fingerprint density at radius 1 is 1.12 bits per heavy atom. The minimum Gasteiger partial charge on any atom is -0.374 e. The summed E-state index contributed by atoms with van der Waals surface area (Å²) in [5, 5.41) is 0. The predicted octanol–water partition coefficient (Wildman–Crippen LogP) is 1.91. The Bertz CT molecular complexity index is 343. The molecular weight excluding hydrogens is 200 g/mol. The van der Waals surface area contributed by atoms with Gasteiger partial charge in [0.2, 0.25) is 5.91 Å². The van der Waals surface area contributed by atoms with E-state index in [4.69, 9.17) is 0 Å². The molecule has 1 amide bonds. The highest BCUT2D eigenvalue weighted by Crippen LogP contribution is 2.13. The average Bonchev–Trinajstić information content (AvgIpc) is 2.26. The van der Waals surface area contributed by atoms with E-state index in [0.717, 1.165) is 12.2 Å². The first-order chi connectivity index (χ1) is 7.50. The summed E-state index contributed by atoms with van der Waals surface area (Å²) in [6, 6.07) is 8.32. The minimum atomic E-state index is 0.166. The van der Waals surface area contributed by atoms with E-state index in [1.54, 1.807) is 19.0 Å². The molecule has 0 N–H and O–H groups in total. The van der Waals surface area contributed by atoms with Crippen LogP contribution in [-0.2, 0) is 4.79 Å². The van der Waals surface area contributed by atoms with Crippen LogP contribution in [0.4, 0.5) is 5.69 Å². The quantitative estimate of drug-likeness (QED) is 0.774. The molecule has 88 valence electrons. The van der Waals surface area contributed by atoms with Crippen molar-refractivity contribution in [3.63, 3.8) is 0 Å². The Kier molecular flexibility index (Phi) is 4.35. The fraction of sp³-hybridized carbons (Fsp3) is 0.462. The number of amides is 1. The van der Waals surface area contributed by atoms with Crippen molar-refractivity contribution in [1.82, 2.24) is 4.90 Å². The van der Waals surface area contributed by atoms with Gasteiger partial charge >= 0.3 is 0 Å². The van der Waals surface area contributed by atoms with Gasteiger partial charge in [-0.05, 0) is 19.1 Å². The summed E-state index contributed by atoms with van der Waals surface area (Å²) >= 11 is 0. The van der Waals surface area contributed by atoms with E-state index in [1.165, 1.54) is 5.56 Å². The first-order valence-electron chi connectivity index (χ1n) is 5.48. The van der Waals surface area contributed by atoms with E-state index in [0.29, 0.717) is 6.42 Å². The summed E-state index contributed by atoms with van der Waals surface area (Å²) in [5.74, 6) is 0.166. The monoisotopic (exact) mass is 220 g/mol. The Morgan fingerprint density at radius 2 is 1.69 bits per heavy atom. The highest BCUT2D eigenvalue weighted by molar-refractivity contribution is 5.76. The van der Waals surface area contributed by atoms with Gasteiger partial charge in [0.05, 0.1) is 0 Å². The van der Waals surface area contributed by atoms with Crippen LogP contribution in [0.25, 0.3) is 0 Å². The van der Waals surface area contributed by atoms with Crippen molar-refractivity contribution in [1.29, 1.82) is 0 Å². The predicted molar refractivity (Wildman–Crippen MR) is 67.8 cm³/mol. The number of aryl methyl sites for hydroxylation is 1. The highest BCUT2D eigenvalue weighted by atomic mass is 16.2. The molecule has 0 saturated carbocycles. The molecule has 0 heterocycles. The zero-order valence-corrected chi connectivity index (χ0v) is 10.5. The lowest BCUT2D eigenvalue weighted by Gasteiger charge is -2.20. The molecule has 0 fully saturated rings. The number of carbonyl (C=O) groups is 1. The number of rotatable bonds is 4. The SMILES string of the molecule is Cc1ccc(N(C)CCC(=O)N(C)C)cc1. The van der Waals surface area contributed by atoms with E-state index in [2.05, 4.69) is 36.1 Å². The van der Waals surface area contributed by atoms with Crippen LogP contribution in [-0.4, -0.2) is 38.5 Å². The smallest absolute Gasteiger partial charge is 0.223 e. The van der Waals surface area contributed by atoms with E-state index in [-0.39, 0.29) is 5.91 Å². The van der Waals surface area contributed by atoms with Crippen LogP contribution in [0.1, 0.15) is 12.0 Å². The van der Waals surface area contributed by atoms with Crippen molar-refractivity contribution in [2.75, 3.05) is 32.6 Å². The molecule has 0 saturated heterocycles. The molecule has 1 aromatic carbocycles. The maximum absolute atomic E-state index is 11.4. The summed E-state index contributed by atoms with van der Waals surface area (Å²) in [6.07, 6.45) is 0.553. The maximum Gasteiger partial charge on any atom is 0.223 e. The highest BCUT2D eigenvalue weighted by Gasteiger charge is 2.06. The lowest BCUT2D eigenvalue weighted by Crippen LogP contribution is -2.27. The zero-order chi connectivity index (χ0) is 12.1. The van der Waals surface area contributed by atoms with Gasteiger partial charge in [0.15, 0.2) is 0 Å². The number of nitrogens with zero attached hydrogens (tertiary/aromatic N) is 2. The summed E-state index contributed by atoms with van der Waals surface area (Å²) < 4.78 is 0. The Balaban J connectivity index is 2.49. The van der Waals surface area contributed by atoms with Crippen molar-refractivity contribution >= 4 is 11.6 Å². The van der Waals surface area contributed by atoms with Gasteiger partial charge in [-0.25, -0.2) is 0 Å². The van der Waals surface area contributed by atoms with Gasteiger partial charge in [-0.3, -0.25) is 4.79 Å². The molecule has 1 aromatic rings. The normalized spacial score (nSPS) is 10.0. The van der Waals surface area contributed by atoms with E-state index < -0.39 is 0 Å². The average molecular weight is 220 g/mol. The zero-order valence-electron chi connectivity index (χ0n) is 10.5. The number of hydrogen-bond acceptors (Lipinski definition) is 2. The molecule has 16 heavy (non-hydrogen) atoms. The Morgan fingerprint density at radius 3 is 2.19 bits per heavy atom. The van der Waals surface area contributed by atoms with Crippen LogP contribution in [0.2, 0.25) is 0 Å². The molecule has 0 aliphatic heterocycles. The van der Waals surface area contributed by atoms with Gasteiger partial charge in [-0.15, -0.1) is 0 Å². The molecule has 0 aromatic heterocycles. The van der Waals surface area contributed by atoms with Crippen molar-refractivity contribution < 1.29 is 4.79 Å². The van der Waals surface area contributed by atoms with Gasteiger partial charge in [0, 0.05) is 39.8 Å². The molecule has 3 nitrogen and oxygen atoms in total. The summed E-state index contributed by atoms with van der Waals surface area (Å²) in [5.41, 5.74) is 2.40. The first-order valence-corrected chi connectivity index (χ1v) is 5.48. The molecule has 3 heteroatoms. The van der Waals surface area contributed by atoms with Gasteiger partial charge < -0.3 is 9.80 Å². The van der Waals surface area contributed by atoms with Crippen molar-refractivity contribution in [3.05, 3.63) is 29.8 Å². The van der Waals surface area contributed by atoms with Crippen molar-refractivity contribution in [2.45, 2.75) is 13.3 Å². The second-order valence-corrected chi connectivity index (χ2v) is 4.30. The number of hydrogen-bond donors (Lipinski definition) is 0. The number of benzene rings is 1. The van der Waals surface area contributed by atoms with Crippen LogP contribution in [0.3, 0.4) is 0 Å². The third-order valence-corrected chi connectivity index (χ3v) is 2.63. The summed E-state index contributed by atoms with van der Waals surface area (Å²) in [6.45, 7) is 2.82. The topological polar surface area (TPSA) is 23.6 Å². The van der Waals surface area contributed by atoms with Crippen LogP contribution in [0.5, 0.6) is 0 Å². The van der Waals surface area contributed by atoms with Crippen molar-refractivity contribution in [3.8, 4) is 0 Å².